The normalized spacial score (nSPS) is 19.3. The van der Waals surface area contributed by atoms with Crippen LogP contribution < -0.4 is 4.74 Å². The van der Waals surface area contributed by atoms with Crippen molar-refractivity contribution in [3.63, 3.8) is 0 Å². The molecule has 6 heteroatoms. The van der Waals surface area contributed by atoms with Gasteiger partial charge in [0.15, 0.2) is 5.78 Å². The molecule has 4 rings (SSSR count). The van der Waals surface area contributed by atoms with Gasteiger partial charge in [0.05, 0.1) is 12.0 Å². The Hall–Kier alpha value is -3.15. The number of Topliss-reactive ketones (excluding diaryl/α,β-unsaturated/α-hetero) is 1. The largest absolute Gasteiger partial charge is 0.482 e. The number of carboxylic acid groups (broad SMARTS) is 1. The van der Waals surface area contributed by atoms with Gasteiger partial charge in [-0.15, -0.1) is 0 Å². The van der Waals surface area contributed by atoms with Crippen molar-refractivity contribution in [2.75, 3.05) is 0 Å². The Morgan fingerprint density at radius 2 is 1.88 bits per heavy atom. The average molecular weight is 354 g/mol. The van der Waals surface area contributed by atoms with Gasteiger partial charge in [0.25, 0.3) is 0 Å². The summed E-state index contributed by atoms with van der Waals surface area (Å²) in [4.78, 5) is 24.3. The van der Waals surface area contributed by atoms with Crippen LogP contribution in [0, 0.1) is 12.7 Å². The summed E-state index contributed by atoms with van der Waals surface area (Å²) >= 11 is 0. The van der Waals surface area contributed by atoms with E-state index in [1.165, 1.54) is 12.1 Å². The van der Waals surface area contributed by atoms with Gasteiger partial charge in [-0.25, -0.2) is 9.18 Å². The lowest BCUT2D eigenvalue weighted by atomic mass is 9.84. The number of carboxylic acids is 1. The van der Waals surface area contributed by atoms with E-state index < -0.39 is 11.6 Å². The number of ether oxygens (including phenoxy) is 1. The molecule has 1 aliphatic rings. The van der Waals surface area contributed by atoms with Crippen LogP contribution in [0.25, 0.3) is 11.0 Å². The van der Waals surface area contributed by atoms with Gasteiger partial charge >= 0.3 is 5.97 Å². The van der Waals surface area contributed by atoms with Gasteiger partial charge < -0.3 is 14.3 Å². The summed E-state index contributed by atoms with van der Waals surface area (Å²) in [5, 5.41) is 9.71. The first-order valence-electron chi connectivity index (χ1n) is 8.08. The minimum atomic E-state index is -1.19. The number of carbonyl (C=O) groups excluding carboxylic acids is 1. The summed E-state index contributed by atoms with van der Waals surface area (Å²) in [7, 11) is 0. The Kier molecular flexibility index (Phi) is 3.41. The predicted molar refractivity (Wildman–Crippen MR) is 91.2 cm³/mol. The van der Waals surface area contributed by atoms with E-state index in [9.17, 15) is 19.1 Å². The molecule has 0 saturated heterocycles. The predicted octanol–water partition coefficient (Wildman–Crippen LogP) is 4.46. The molecule has 132 valence electrons. The maximum absolute atomic E-state index is 13.2. The third-order valence-electron chi connectivity index (χ3n) is 4.82. The quantitative estimate of drug-likeness (QED) is 0.735. The Morgan fingerprint density at radius 1 is 1.19 bits per heavy atom. The number of hydrogen-bond acceptors (Lipinski definition) is 4. The maximum atomic E-state index is 13.2. The van der Waals surface area contributed by atoms with Crippen LogP contribution in [0.2, 0.25) is 0 Å². The molecule has 0 aliphatic carbocycles. The fourth-order valence-electron chi connectivity index (χ4n) is 3.52. The smallest absolute Gasteiger partial charge is 0.372 e. The maximum Gasteiger partial charge on any atom is 0.372 e. The summed E-state index contributed by atoms with van der Waals surface area (Å²) in [5.41, 5.74) is 0.815. The van der Waals surface area contributed by atoms with Gasteiger partial charge in [-0.1, -0.05) is 12.1 Å². The molecule has 0 spiro atoms. The highest BCUT2D eigenvalue weighted by Crippen LogP contribution is 2.44. The van der Waals surface area contributed by atoms with E-state index in [-0.39, 0.29) is 23.8 Å². The second-order valence-corrected chi connectivity index (χ2v) is 6.61. The zero-order chi connectivity index (χ0) is 18.6. The van der Waals surface area contributed by atoms with Crippen LogP contribution in [0.4, 0.5) is 4.39 Å². The molecule has 0 saturated carbocycles. The van der Waals surface area contributed by atoms with Gasteiger partial charge in [0, 0.05) is 10.9 Å². The van der Waals surface area contributed by atoms with Crippen molar-refractivity contribution in [2.45, 2.75) is 25.9 Å². The van der Waals surface area contributed by atoms with E-state index >= 15 is 0 Å². The molecule has 1 aromatic heterocycles. The molecule has 0 amide bonds. The molecule has 1 N–H and O–H groups in total. The number of carbonyl (C=O) groups is 2. The van der Waals surface area contributed by atoms with Crippen molar-refractivity contribution >= 4 is 22.7 Å². The minimum absolute atomic E-state index is 0.0533. The topological polar surface area (TPSA) is 76.7 Å². The van der Waals surface area contributed by atoms with Crippen molar-refractivity contribution in [1.29, 1.82) is 0 Å². The first-order valence-corrected chi connectivity index (χ1v) is 8.08. The van der Waals surface area contributed by atoms with Gasteiger partial charge in [0.1, 0.15) is 22.8 Å². The van der Waals surface area contributed by atoms with Crippen molar-refractivity contribution < 1.29 is 28.2 Å². The fraction of sp³-hybridized carbons (Fsp3) is 0.200. The van der Waals surface area contributed by atoms with E-state index in [1.54, 1.807) is 38.1 Å². The zero-order valence-corrected chi connectivity index (χ0v) is 14.1. The molecule has 0 fully saturated rings. The highest BCUT2D eigenvalue weighted by atomic mass is 19.1. The SMILES string of the molecule is Cc1c(C(=O)O)oc2ccc3c(c12)C(=O)CC(C)(c1ccc(F)cc1)O3. The number of fused-ring (bicyclic) bond motifs is 3. The fourth-order valence-corrected chi connectivity index (χ4v) is 3.52. The zero-order valence-electron chi connectivity index (χ0n) is 14.1. The molecule has 3 aromatic rings. The number of furan rings is 1. The Labute approximate surface area is 148 Å². The molecular weight excluding hydrogens is 339 g/mol. The second-order valence-electron chi connectivity index (χ2n) is 6.61. The summed E-state index contributed by atoms with van der Waals surface area (Å²) in [6.45, 7) is 3.38. The Balaban J connectivity index is 1.88. The number of halogens is 1. The molecule has 5 nitrogen and oxygen atoms in total. The first-order chi connectivity index (χ1) is 12.3. The number of ketones is 1. The van der Waals surface area contributed by atoms with Crippen LogP contribution in [0.1, 0.15) is 45.4 Å². The van der Waals surface area contributed by atoms with E-state index in [4.69, 9.17) is 9.15 Å². The average Bonchev–Trinajstić information content (AvgIpc) is 2.92. The second kappa shape index (κ2) is 5.42. The number of rotatable bonds is 2. The number of hydrogen-bond donors (Lipinski definition) is 1. The molecule has 0 radical (unpaired) electrons. The lowest BCUT2D eigenvalue weighted by molar-refractivity contribution is 0.0506. The molecule has 2 aromatic carbocycles. The van der Waals surface area contributed by atoms with Crippen molar-refractivity contribution in [2.24, 2.45) is 0 Å². The van der Waals surface area contributed by atoms with Gasteiger partial charge in [-0.05, 0) is 43.7 Å². The summed E-state index contributed by atoms with van der Waals surface area (Å²) in [6.07, 6.45) is 0.0533. The highest BCUT2D eigenvalue weighted by Gasteiger charge is 2.40. The van der Waals surface area contributed by atoms with E-state index in [0.29, 0.717) is 33.4 Å². The monoisotopic (exact) mass is 354 g/mol. The van der Waals surface area contributed by atoms with Gasteiger partial charge in [-0.2, -0.15) is 0 Å². The van der Waals surface area contributed by atoms with Crippen LogP contribution in [0.5, 0.6) is 5.75 Å². The van der Waals surface area contributed by atoms with E-state index in [2.05, 4.69) is 0 Å². The number of benzene rings is 2. The summed E-state index contributed by atoms with van der Waals surface area (Å²) < 4.78 is 24.7. The number of aryl methyl sites for hydroxylation is 1. The first kappa shape index (κ1) is 16.3. The van der Waals surface area contributed by atoms with Crippen LogP contribution >= 0.6 is 0 Å². The Bertz CT molecular complexity index is 1060. The molecule has 26 heavy (non-hydrogen) atoms. The Morgan fingerprint density at radius 3 is 2.54 bits per heavy atom. The van der Waals surface area contributed by atoms with Crippen LogP contribution in [0.3, 0.4) is 0 Å². The van der Waals surface area contributed by atoms with E-state index in [0.717, 1.165) is 0 Å². The minimum Gasteiger partial charge on any atom is -0.482 e. The van der Waals surface area contributed by atoms with Crippen LogP contribution in [-0.2, 0) is 5.60 Å². The molecule has 2 heterocycles. The summed E-state index contributed by atoms with van der Waals surface area (Å²) in [5.74, 6) is -1.55. The third-order valence-corrected chi connectivity index (χ3v) is 4.82. The number of aromatic carboxylic acids is 1. The van der Waals surface area contributed by atoms with Gasteiger partial charge in [-0.3, -0.25) is 4.79 Å². The van der Waals surface area contributed by atoms with Crippen molar-refractivity contribution in [1.82, 2.24) is 0 Å². The van der Waals surface area contributed by atoms with Crippen LogP contribution in [-0.4, -0.2) is 16.9 Å². The molecule has 1 aliphatic heterocycles. The van der Waals surface area contributed by atoms with Crippen LogP contribution in [0.15, 0.2) is 40.8 Å². The van der Waals surface area contributed by atoms with Gasteiger partial charge in [0.2, 0.25) is 5.76 Å². The standard InChI is InChI=1S/C20H15FO5/c1-10-16-14(25-18(10)19(23)24)7-8-15-17(16)13(22)9-20(2,26-15)11-3-5-12(21)6-4-11/h3-8H,9H2,1-2H3,(H,23,24). The van der Waals surface area contributed by atoms with Crippen molar-refractivity contribution in [3.8, 4) is 5.75 Å². The molecular formula is C20H15FO5. The highest BCUT2D eigenvalue weighted by molar-refractivity contribution is 6.13. The molecule has 0 bridgehead atoms. The van der Waals surface area contributed by atoms with E-state index in [1.807, 2.05) is 0 Å². The summed E-state index contributed by atoms with van der Waals surface area (Å²) in [6, 6.07) is 9.04. The van der Waals surface area contributed by atoms with Crippen molar-refractivity contribution in [3.05, 3.63) is 64.7 Å². The lowest BCUT2D eigenvalue weighted by Gasteiger charge is -2.35. The third kappa shape index (κ3) is 2.29. The molecule has 1 unspecified atom stereocenters. The lowest BCUT2D eigenvalue weighted by Crippen LogP contribution is -2.36. The molecule has 1 atom stereocenters.